The van der Waals surface area contributed by atoms with Crippen molar-refractivity contribution < 1.29 is 23.8 Å². The van der Waals surface area contributed by atoms with Gasteiger partial charge in [0.25, 0.3) is 11.1 Å². The van der Waals surface area contributed by atoms with Crippen LogP contribution < -0.4 is 10.1 Å². The lowest BCUT2D eigenvalue weighted by molar-refractivity contribution is -0.115. The van der Waals surface area contributed by atoms with Crippen molar-refractivity contribution in [3.8, 4) is 5.75 Å². The lowest BCUT2D eigenvalue weighted by Gasteiger charge is -2.29. The minimum Gasteiger partial charge on any atom is -0.494 e. The van der Waals surface area contributed by atoms with Crippen molar-refractivity contribution in [2.45, 2.75) is 44.4 Å². The number of likely N-dealkylation sites (tertiary alicyclic amines) is 1. The third kappa shape index (κ3) is 8.49. The van der Waals surface area contributed by atoms with E-state index in [0.717, 1.165) is 53.7 Å². The molecular weight excluding hydrogens is 584 g/mol. The van der Waals surface area contributed by atoms with Gasteiger partial charge in [-0.3, -0.25) is 19.8 Å². The van der Waals surface area contributed by atoms with E-state index in [1.807, 2.05) is 66.7 Å². The van der Waals surface area contributed by atoms with Crippen LogP contribution in [0.2, 0.25) is 0 Å². The Bertz CT molecular complexity index is 1580. The largest absolute Gasteiger partial charge is 0.494 e. The summed E-state index contributed by atoms with van der Waals surface area (Å²) < 4.78 is 19.5. The Morgan fingerprint density at radius 3 is 1.96 bits per heavy atom. The number of ether oxygens (including phenoxy) is 3. The molecule has 7 nitrogen and oxygen atoms in total. The van der Waals surface area contributed by atoms with Crippen LogP contribution in [0.3, 0.4) is 0 Å². The van der Waals surface area contributed by atoms with Crippen LogP contribution in [-0.4, -0.2) is 47.4 Å². The Morgan fingerprint density at radius 1 is 0.756 bits per heavy atom. The smallest absolute Gasteiger partial charge is 0.290 e. The molecule has 0 spiro atoms. The number of hydrogen-bond acceptors (Lipinski definition) is 7. The molecule has 1 N–H and O–H groups in total. The van der Waals surface area contributed by atoms with Gasteiger partial charge in [0.2, 0.25) is 0 Å². The molecule has 0 radical (unpaired) electrons. The molecule has 4 aromatic rings. The van der Waals surface area contributed by atoms with Gasteiger partial charge in [-0.15, -0.1) is 0 Å². The number of thioether (sulfide) groups is 1. The molecule has 230 valence electrons. The Balaban J connectivity index is 1.16. The lowest BCUT2D eigenvalue weighted by Crippen LogP contribution is -2.39. The number of rotatable bonds is 13. The van der Waals surface area contributed by atoms with Gasteiger partial charge in [-0.2, -0.15) is 0 Å². The van der Waals surface area contributed by atoms with Crippen molar-refractivity contribution in [3.05, 3.63) is 142 Å². The van der Waals surface area contributed by atoms with Crippen LogP contribution in [0.4, 0.5) is 4.79 Å². The first-order chi connectivity index (χ1) is 22.1. The molecule has 0 bridgehead atoms. The molecule has 0 aromatic heterocycles. The van der Waals surface area contributed by atoms with Crippen LogP contribution in [0, 0.1) is 0 Å². The highest BCUT2D eigenvalue weighted by atomic mass is 32.2. The summed E-state index contributed by atoms with van der Waals surface area (Å²) in [5.74, 6) is 0.375. The Labute approximate surface area is 268 Å². The molecule has 2 fully saturated rings. The minimum atomic E-state index is -0.364. The topological polar surface area (TPSA) is 77.1 Å². The van der Waals surface area contributed by atoms with E-state index in [2.05, 4.69) is 58.7 Å². The summed E-state index contributed by atoms with van der Waals surface area (Å²) in [6.45, 7) is 3.07. The van der Waals surface area contributed by atoms with Crippen molar-refractivity contribution in [3.63, 3.8) is 0 Å². The molecule has 3 unspecified atom stereocenters. The SMILES string of the molecule is O=C1NC(=O)C(=Cc2ccc(OCCC3C(OCc4ccccc4)C(OCc4ccccc4)CN3Cc3ccccc3)cc2)S1. The molecule has 2 heterocycles. The Hall–Kier alpha value is -4.21. The molecule has 45 heavy (non-hydrogen) atoms. The van der Waals surface area contributed by atoms with Crippen molar-refractivity contribution >= 4 is 29.0 Å². The van der Waals surface area contributed by atoms with Crippen molar-refractivity contribution in [2.24, 2.45) is 0 Å². The molecule has 0 aliphatic carbocycles. The third-order valence-electron chi connectivity index (χ3n) is 7.95. The van der Waals surface area contributed by atoms with Gasteiger partial charge in [0, 0.05) is 19.1 Å². The molecule has 2 amide bonds. The zero-order chi connectivity index (χ0) is 30.8. The molecule has 4 aromatic carbocycles. The fraction of sp³-hybridized carbons (Fsp3) is 0.243. The van der Waals surface area contributed by atoms with Crippen LogP contribution in [0.25, 0.3) is 6.08 Å². The standard InChI is InChI=1S/C37H36N2O5S/c40-36-34(45-37(41)38-36)22-27-16-18-31(19-17-27)42-21-20-32-35(44-26-30-14-8-3-9-15-30)33(43-25-29-12-6-2-7-13-29)24-39(32)23-28-10-4-1-5-11-28/h1-19,22,32-33,35H,20-21,23-26H2,(H,38,40,41). The number of imide groups is 1. The average Bonchev–Trinajstić information content (AvgIpc) is 3.57. The second-order valence-corrected chi connectivity index (χ2v) is 12.2. The second-order valence-electron chi connectivity index (χ2n) is 11.1. The number of carbonyl (C=O) groups excluding carboxylic acids is 2. The molecule has 8 heteroatoms. The minimum absolute atomic E-state index is 0.0779. The summed E-state index contributed by atoms with van der Waals surface area (Å²) in [5.41, 5.74) is 4.34. The number of nitrogens with zero attached hydrogens (tertiary/aromatic N) is 1. The fourth-order valence-electron chi connectivity index (χ4n) is 5.71. The van der Waals surface area contributed by atoms with Gasteiger partial charge in [-0.05, 0) is 58.6 Å². The highest BCUT2D eigenvalue weighted by molar-refractivity contribution is 8.18. The number of amides is 2. The maximum Gasteiger partial charge on any atom is 0.290 e. The quantitative estimate of drug-likeness (QED) is 0.164. The first kappa shape index (κ1) is 30.8. The Kier molecular flexibility index (Phi) is 10.4. The zero-order valence-corrected chi connectivity index (χ0v) is 25.7. The maximum absolute atomic E-state index is 11.9. The molecule has 6 rings (SSSR count). The summed E-state index contributed by atoms with van der Waals surface area (Å²) in [7, 11) is 0. The Morgan fingerprint density at radius 2 is 1.36 bits per heavy atom. The van der Waals surface area contributed by atoms with E-state index in [1.54, 1.807) is 6.08 Å². The first-order valence-electron chi connectivity index (χ1n) is 15.2. The first-order valence-corrected chi connectivity index (χ1v) is 16.0. The zero-order valence-electron chi connectivity index (χ0n) is 24.9. The van der Waals surface area contributed by atoms with Gasteiger partial charge in [0.05, 0.1) is 30.8 Å². The molecular formula is C37H36N2O5S. The fourth-order valence-corrected chi connectivity index (χ4v) is 6.40. The van der Waals surface area contributed by atoms with E-state index in [4.69, 9.17) is 14.2 Å². The van der Waals surface area contributed by atoms with E-state index in [0.29, 0.717) is 24.7 Å². The van der Waals surface area contributed by atoms with E-state index in [1.165, 1.54) is 5.56 Å². The maximum atomic E-state index is 11.9. The van der Waals surface area contributed by atoms with Crippen LogP contribution in [0.15, 0.2) is 120 Å². The third-order valence-corrected chi connectivity index (χ3v) is 8.76. The van der Waals surface area contributed by atoms with Gasteiger partial charge in [-0.1, -0.05) is 103 Å². The summed E-state index contributed by atoms with van der Waals surface area (Å²) in [6, 6.07) is 38.6. The predicted octanol–water partition coefficient (Wildman–Crippen LogP) is 6.83. The number of benzene rings is 4. The van der Waals surface area contributed by atoms with Gasteiger partial charge in [0.15, 0.2) is 0 Å². The summed E-state index contributed by atoms with van der Waals surface area (Å²) in [5, 5.41) is 1.93. The van der Waals surface area contributed by atoms with Gasteiger partial charge in [0.1, 0.15) is 11.9 Å². The van der Waals surface area contributed by atoms with E-state index in [9.17, 15) is 9.59 Å². The van der Waals surface area contributed by atoms with Gasteiger partial charge >= 0.3 is 0 Å². The summed E-state index contributed by atoms with van der Waals surface area (Å²) >= 11 is 0.910. The van der Waals surface area contributed by atoms with Crippen LogP contribution in [0.5, 0.6) is 5.75 Å². The van der Waals surface area contributed by atoms with Gasteiger partial charge < -0.3 is 14.2 Å². The van der Waals surface area contributed by atoms with Crippen LogP contribution >= 0.6 is 11.8 Å². The van der Waals surface area contributed by atoms with Crippen molar-refractivity contribution in [2.75, 3.05) is 13.2 Å². The summed E-state index contributed by atoms with van der Waals surface area (Å²) in [4.78, 5) is 26.2. The van der Waals surface area contributed by atoms with Crippen LogP contribution in [-0.2, 0) is 34.0 Å². The molecule has 2 saturated heterocycles. The normalized spacial score (nSPS) is 20.9. The number of hydrogen-bond donors (Lipinski definition) is 1. The van der Waals surface area contributed by atoms with E-state index >= 15 is 0 Å². The monoisotopic (exact) mass is 620 g/mol. The van der Waals surface area contributed by atoms with Crippen molar-refractivity contribution in [1.29, 1.82) is 0 Å². The summed E-state index contributed by atoms with van der Waals surface area (Å²) in [6.07, 6.45) is 2.21. The highest BCUT2D eigenvalue weighted by Crippen LogP contribution is 2.30. The molecule has 0 saturated carbocycles. The van der Waals surface area contributed by atoms with Gasteiger partial charge in [-0.25, -0.2) is 0 Å². The highest BCUT2D eigenvalue weighted by Gasteiger charge is 2.43. The second kappa shape index (κ2) is 15.2. The van der Waals surface area contributed by atoms with E-state index in [-0.39, 0.29) is 29.4 Å². The van der Waals surface area contributed by atoms with Crippen LogP contribution in [0.1, 0.15) is 28.7 Å². The van der Waals surface area contributed by atoms with Crippen molar-refractivity contribution in [1.82, 2.24) is 10.2 Å². The number of nitrogens with one attached hydrogen (secondary N) is 1. The molecule has 2 aliphatic heterocycles. The predicted molar refractivity (Wildman–Crippen MR) is 176 cm³/mol. The average molecular weight is 621 g/mol. The molecule has 2 aliphatic rings. The van der Waals surface area contributed by atoms with E-state index < -0.39 is 0 Å². The lowest BCUT2D eigenvalue weighted by atomic mass is 10.1. The molecule has 3 atom stereocenters. The number of carbonyl (C=O) groups is 2.